The molecule has 1 aromatic heterocycles. The Kier molecular flexibility index (Phi) is 5.95. The smallest absolute Gasteiger partial charge is 0.148 e. The lowest BCUT2D eigenvalue weighted by molar-refractivity contribution is 0.518. The molecule has 0 aliphatic heterocycles. The van der Waals surface area contributed by atoms with Crippen molar-refractivity contribution < 1.29 is 0 Å². The summed E-state index contributed by atoms with van der Waals surface area (Å²) in [6.45, 7) is 9.72. The van der Waals surface area contributed by atoms with E-state index in [-0.39, 0.29) is 0 Å². The summed E-state index contributed by atoms with van der Waals surface area (Å²) in [5, 5.41) is 3.47. The Morgan fingerprint density at radius 1 is 1.12 bits per heavy atom. The summed E-state index contributed by atoms with van der Waals surface area (Å²) < 4.78 is 0. The normalized spacial score (nSPS) is 10.9. The molecule has 1 N–H and O–H groups in total. The van der Waals surface area contributed by atoms with Crippen LogP contribution in [0.5, 0.6) is 0 Å². The van der Waals surface area contributed by atoms with Crippen LogP contribution in [0.3, 0.4) is 0 Å². The van der Waals surface area contributed by atoms with Gasteiger partial charge < -0.3 is 5.32 Å². The molecule has 0 bridgehead atoms. The molecule has 0 aliphatic rings. The first-order valence-electron chi connectivity index (χ1n) is 6.83. The van der Waals surface area contributed by atoms with Gasteiger partial charge in [0.1, 0.15) is 5.82 Å². The predicted molar refractivity (Wildman–Crippen MR) is 73.3 cm³/mol. The van der Waals surface area contributed by atoms with Crippen LogP contribution < -0.4 is 5.32 Å². The molecule has 0 atom stereocenters. The summed E-state index contributed by atoms with van der Waals surface area (Å²) in [4.78, 5) is 9.10. The lowest BCUT2D eigenvalue weighted by Gasteiger charge is -2.15. The Labute approximate surface area is 105 Å². The zero-order valence-electron chi connectivity index (χ0n) is 11.6. The summed E-state index contributed by atoms with van der Waals surface area (Å²) in [7, 11) is 0. The molecular weight excluding hydrogens is 210 g/mol. The van der Waals surface area contributed by atoms with Gasteiger partial charge in [0.15, 0.2) is 0 Å². The maximum atomic E-state index is 4.63. The van der Waals surface area contributed by atoms with Gasteiger partial charge in [-0.3, -0.25) is 4.98 Å². The van der Waals surface area contributed by atoms with Gasteiger partial charge in [0.25, 0.3) is 0 Å². The van der Waals surface area contributed by atoms with Crippen LogP contribution in [0, 0.1) is 5.92 Å². The predicted octanol–water partition coefficient (Wildman–Crippen LogP) is 3.45. The first kappa shape index (κ1) is 13.9. The quantitative estimate of drug-likeness (QED) is 0.786. The second kappa shape index (κ2) is 7.25. The third-order valence-electron chi connectivity index (χ3n) is 3.31. The molecule has 17 heavy (non-hydrogen) atoms. The highest BCUT2D eigenvalue weighted by atomic mass is 15.0. The highest BCUT2D eigenvalue weighted by Crippen LogP contribution is 2.14. The monoisotopic (exact) mass is 235 g/mol. The van der Waals surface area contributed by atoms with Gasteiger partial charge in [0.2, 0.25) is 0 Å². The van der Waals surface area contributed by atoms with E-state index in [1.165, 1.54) is 12.8 Å². The molecule has 3 nitrogen and oxygen atoms in total. The summed E-state index contributed by atoms with van der Waals surface area (Å²) >= 11 is 0. The van der Waals surface area contributed by atoms with Crippen molar-refractivity contribution >= 4 is 5.82 Å². The van der Waals surface area contributed by atoms with Crippen LogP contribution >= 0.6 is 0 Å². The Morgan fingerprint density at radius 3 is 2.35 bits per heavy atom. The fraction of sp³-hybridized carbons (Fsp3) is 0.714. The molecule has 0 radical (unpaired) electrons. The van der Waals surface area contributed by atoms with E-state index >= 15 is 0 Å². The van der Waals surface area contributed by atoms with Gasteiger partial charge in [-0.2, -0.15) is 0 Å². The highest BCUT2D eigenvalue weighted by molar-refractivity contribution is 5.40. The zero-order valence-corrected chi connectivity index (χ0v) is 11.6. The highest BCUT2D eigenvalue weighted by Gasteiger charge is 2.08. The summed E-state index contributed by atoms with van der Waals surface area (Å²) in [5.74, 6) is 1.71. The van der Waals surface area contributed by atoms with Crippen molar-refractivity contribution in [2.75, 3.05) is 11.9 Å². The maximum absolute atomic E-state index is 4.63. The molecule has 96 valence electrons. The topological polar surface area (TPSA) is 37.8 Å². The molecule has 1 aromatic rings. The van der Waals surface area contributed by atoms with Crippen molar-refractivity contribution in [3.05, 3.63) is 17.6 Å². The van der Waals surface area contributed by atoms with E-state index in [1.807, 2.05) is 6.20 Å². The van der Waals surface area contributed by atoms with E-state index in [1.54, 1.807) is 0 Å². The third-order valence-corrected chi connectivity index (χ3v) is 3.31. The van der Waals surface area contributed by atoms with E-state index in [0.717, 1.165) is 42.5 Å². The van der Waals surface area contributed by atoms with Crippen LogP contribution in [0.25, 0.3) is 0 Å². The zero-order chi connectivity index (χ0) is 12.7. The largest absolute Gasteiger partial charge is 0.368 e. The Balaban J connectivity index is 2.73. The van der Waals surface area contributed by atoms with Gasteiger partial charge in [0, 0.05) is 12.7 Å². The molecule has 1 heterocycles. The van der Waals surface area contributed by atoms with Crippen molar-refractivity contribution in [1.29, 1.82) is 0 Å². The van der Waals surface area contributed by atoms with Gasteiger partial charge in [0.05, 0.1) is 11.4 Å². The van der Waals surface area contributed by atoms with Crippen molar-refractivity contribution in [2.24, 2.45) is 5.92 Å². The Hall–Kier alpha value is -1.12. The van der Waals surface area contributed by atoms with Crippen LogP contribution in [0.2, 0.25) is 0 Å². The van der Waals surface area contributed by atoms with Gasteiger partial charge in [-0.25, -0.2) is 4.98 Å². The van der Waals surface area contributed by atoms with Crippen molar-refractivity contribution in [1.82, 2.24) is 9.97 Å². The molecule has 0 spiro atoms. The fourth-order valence-electron chi connectivity index (χ4n) is 1.84. The van der Waals surface area contributed by atoms with Crippen LogP contribution in [0.1, 0.15) is 51.9 Å². The summed E-state index contributed by atoms with van der Waals surface area (Å²) in [6, 6.07) is 0. The summed E-state index contributed by atoms with van der Waals surface area (Å²) in [6.07, 6.45) is 6.19. The second-order valence-corrected chi connectivity index (χ2v) is 4.43. The van der Waals surface area contributed by atoms with E-state index in [2.05, 4.69) is 43.0 Å². The minimum atomic E-state index is 0.729. The van der Waals surface area contributed by atoms with E-state index < -0.39 is 0 Å². The number of nitrogens with zero attached hydrogens (tertiary/aromatic N) is 2. The average Bonchev–Trinajstić information content (AvgIpc) is 2.39. The van der Waals surface area contributed by atoms with Crippen molar-refractivity contribution in [3.8, 4) is 0 Å². The molecular formula is C14H25N3. The fourth-order valence-corrected chi connectivity index (χ4v) is 1.84. The lowest BCUT2D eigenvalue weighted by Crippen LogP contribution is -2.15. The van der Waals surface area contributed by atoms with Gasteiger partial charge in [-0.15, -0.1) is 0 Å². The molecule has 0 saturated heterocycles. The Morgan fingerprint density at radius 2 is 1.82 bits per heavy atom. The minimum absolute atomic E-state index is 0.729. The van der Waals surface area contributed by atoms with E-state index in [9.17, 15) is 0 Å². The third kappa shape index (κ3) is 3.99. The maximum Gasteiger partial charge on any atom is 0.148 e. The second-order valence-electron chi connectivity index (χ2n) is 4.43. The van der Waals surface area contributed by atoms with Crippen molar-refractivity contribution in [2.45, 2.75) is 53.4 Å². The van der Waals surface area contributed by atoms with Crippen LogP contribution in [0.4, 0.5) is 5.82 Å². The van der Waals surface area contributed by atoms with Gasteiger partial charge in [-0.1, -0.05) is 40.5 Å². The number of aromatic nitrogens is 2. The molecule has 0 amide bonds. The van der Waals surface area contributed by atoms with Gasteiger partial charge >= 0.3 is 0 Å². The first-order valence-corrected chi connectivity index (χ1v) is 6.83. The molecule has 0 aliphatic carbocycles. The number of aryl methyl sites for hydroxylation is 2. The molecule has 1 rings (SSSR count). The van der Waals surface area contributed by atoms with Crippen molar-refractivity contribution in [3.63, 3.8) is 0 Å². The van der Waals surface area contributed by atoms with E-state index in [0.29, 0.717) is 0 Å². The molecule has 3 heteroatoms. The number of anilines is 1. The molecule has 0 aromatic carbocycles. The number of nitrogens with one attached hydrogen (secondary N) is 1. The molecule has 0 fully saturated rings. The first-order chi connectivity index (χ1) is 8.24. The molecule has 0 unspecified atom stereocenters. The average molecular weight is 235 g/mol. The van der Waals surface area contributed by atoms with Crippen LogP contribution in [-0.2, 0) is 12.8 Å². The minimum Gasteiger partial charge on any atom is -0.368 e. The lowest BCUT2D eigenvalue weighted by atomic mass is 10.0. The Bertz CT molecular complexity index is 332. The SMILES string of the molecule is CCc1cnc(CC)c(NCC(CC)CC)n1. The number of hydrogen-bond donors (Lipinski definition) is 1. The molecule has 0 saturated carbocycles. The van der Waals surface area contributed by atoms with Crippen LogP contribution in [-0.4, -0.2) is 16.5 Å². The van der Waals surface area contributed by atoms with Gasteiger partial charge in [-0.05, 0) is 18.8 Å². The number of rotatable bonds is 7. The summed E-state index contributed by atoms with van der Waals surface area (Å²) in [5.41, 5.74) is 2.14. The number of hydrogen-bond acceptors (Lipinski definition) is 3. The van der Waals surface area contributed by atoms with Crippen LogP contribution in [0.15, 0.2) is 6.20 Å². The van der Waals surface area contributed by atoms with E-state index in [4.69, 9.17) is 0 Å². The standard InChI is InChI=1S/C14H25N3/c1-5-11(6-2)9-16-14-13(8-4)15-10-12(7-3)17-14/h10-11H,5-9H2,1-4H3,(H,16,17).